The number of fused-ring (bicyclic) bond motifs is 1. The second-order valence-corrected chi connectivity index (χ2v) is 8.69. The summed E-state index contributed by atoms with van der Waals surface area (Å²) in [6.07, 6.45) is 2.22. The Morgan fingerprint density at radius 2 is 2.07 bits per heavy atom. The van der Waals surface area contributed by atoms with Crippen molar-refractivity contribution in [3.8, 4) is 11.5 Å². The molecule has 0 spiro atoms. The zero-order valence-corrected chi connectivity index (χ0v) is 16.1. The van der Waals surface area contributed by atoms with Gasteiger partial charge in [0.2, 0.25) is 0 Å². The molecule has 140 valence electrons. The van der Waals surface area contributed by atoms with Gasteiger partial charge in [-0.15, -0.1) is 11.3 Å². The van der Waals surface area contributed by atoms with Crippen molar-refractivity contribution in [2.45, 2.75) is 20.0 Å². The first-order valence-electron chi connectivity index (χ1n) is 8.31. The lowest BCUT2D eigenvalue weighted by molar-refractivity contribution is 0.113. The zero-order chi connectivity index (χ0) is 18.9. The Morgan fingerprint density at radius 3 is 2.81 bits per heavy atom. The van der Waals surface area contributed by atoms with Crippen LogP contribution in [0.15, 0.2) is 40.3 Å². The number of benzene rings is 1. The van der Waals surface area contributed by atoms with Gasteiger partial charge in [-0.1, -0.05) is 35.5 Å². The second-order valence-electron chi connectivity index (χ2n) is 6.02. The van der Waals surface area contributed by atoms with Crippen LogP contribution in [0.1, 0.15) is 21.8 Å². The highest BCUT2D eigenvalue weighted by Crippen LogP contribution is 2.43. The molecule has 0 saturated carbocycles. The predicted molar refractivity (Wildman–Crippen MR) is 104 cm³/mol. The van der Waals surface area contributed by atoms with Crippen LogP contribution in [-0.4, -0.2) is 25.2 Å². The summed E-state index contributed by atoms with van der Waals surface area (Å²) in [4.78, 5) is 5.25. The summed E-state index contributed by atoms with van der Waals surface area (Å²) >= 11 is 1.34. The van der Waals surface area contributed by atoms with E-state index >= 15 is 0 Å². The minimum atomic E-state index is -3.71. The Kier molecular flexibility index (Phi) is 4.81. The number of nitrogens with one attached hydrogen (secondary N) is 1. The summed E-state index contributed by atoms with van der Waals surface area (Å²) in [6, 6.07) is 9.24. The number of aryl methyl sites for hydroxylation is 1. The topological polar surface area (TPSA) is 94.3 Å². The molecule has 1 aliphatic heterocycles. The number of ether oxygens (including phenoxy) is 1. The molecule has 0 bridgehead atoms. The van der Waals surface area contributed by atoms with Crippen molar-refractivity contribution >= 4 is 32.4 Å². The predicted octanol–water partition coefficient (Wildman–Crippen LogP) is 3.59. The molecule has 1 aromatic carbocycles. The van der Waals surface area contributed by atoms with Gasteiger partial charge in [-0.3, -0.25) is 4.72 Å². The van der Waals surface area contributed by atoms with Gasteiger partial charge in [0.25, 0.3) is 15.9 Å². The summed E-state index contributed by atoms with van der Waals surface area (Å²) in [6.45, 7) is 2.74. The van der Waals surface area contributed by atoms with Crippen LogP contribution >= 0.6 is 11.3 Å². The van der Waals surface area contributed by atoms with E-state index < -0.39 is 10.0 Å². The van der Waals surface area contributed by atoms with Gasteiger partial charge in [0.05, 0.1) is 24.2 Å². The quantitative estimate of drug-likeness (QED) is 0.700. The highest BCUT2D eigenvalue weighted by Gasteiger charge is 2.27. The molecular weight excluding hydrogens is 386 g/mol. The Morgan fingerprint density at radius 1 is 1.26 bits per heavy atom. The van der Waals surface area contributed by atoms with Gasteiger partial charge < -0.3 is 9.26 Å². The average molecular weight is 403 g/mol. The van der Waals surface area contributed by atoms with Crippen LogP contribution in [0.2, 0.25) is 0 Å². The van der Waals surface area contributed by atoms with Crippen molar-refractivity contribution < 1.29 is 17.7 Å². The van der Waals surface area contributed by atoms with Crippen molar-refractivity contribution in [2.24, 2.45) is 0 Å². The normalized spacial score (nSPS) is 14.4. The van der Waals surface area contributed by atoms with E-state index in [-0.39, 0.29) is 0 Å². The van der Waals surface area contributed by atoms with Crippen molar-refractivity contribution in [1.29, 1.82) is 0 Å². The van der Waals surface area contributed by atoms with Crippen molar-refractivity contribution in [3.05, 3.63) is 57.6 Å². The first-order chi connectivity index (χ1) is 13.0. The molecule has 0 atom stereocenters. The number of anilines is 1. The molecule has 0 radical (unpaired) electrons. The molecule has 4 rings (SSSR count). The summed E-state index contributed by atoms with van der Waals surface area (Å²) in [5, 5.41) is 5.45. The summed E-state index contributed by atoms with van der Waals surface area (Å²) in [5.74, 6) is 0.812. The van der Waals surface area contributed by atoms with Gasteiger partial charge in [0.15, 0.2) is 5.82 Å². The summed E-state index contributed by atoms with van der Waals surface area (Å²) in [5.41, 5.74) is 2.45. The standard InChI is InChI=1S/C18H17N3O4S2/c1-12-19-17(25-20-12)16-14-7-9-24-11-15(14)26-18(16)21-27(22,23)10-8-13-5-3-2-4-6-13/h2-6,8,10,21H,7,9,11H2,1H3. The second kappa shape index (κ2) is 7.26. The fourth-order valence-corrected chi connectivity index (χ4v) is 5.13. The van der Waals surface area contributed by atoms with E-state index in [2.05, 4.69) is 14.9 Å². The number of rotatable bonds is 5. The third-order valence-corrected chi connectivity index (χ3v) is 6.27. The SMILES string of the molecule is Cc1noc(-c2c(NS(=O)(=O)C=Cc3ccccc3)sc3c2CCOC3)n1. The van der Waals surface area contributed by atoms with Gasteiger partial charge in [0, 0.05) is 4.88 Å². The van der Waals surface area contributed by atoms with Crippen LogP contribution in [0.4, 0.5) is 5.00 Å². The number of nitrogens with zero attached hydrogens (tertiary/aromatic N) is 2. The third-order valence-electron chi connectivity index (χ3n) is 4.04. The van der Waals surface area contributed by atoms with E-state index in [9.17, 15) is 8.42 Å². The van der Waals surface area contributed by atoms with E-state index in [1.165, 1.54) is 11.3 Å². The van der Waals surface area contributed by atoms with Gasteiger partial charge >= 0.3 is 0 Å². The Labute approximate surface area is 160 Å². The highest BCUT2D eigenvalue weighted by atomic mass is 32.2. The lowest BCUT2D eigenvalue weighted by atomic mass is 10.1. The average Bonchev–Trinajstić information content (AvgIpc) is 3.23. The van der Waals surface area contributed by atoms with Crippen molar-refractivity contribution in [1.82, 2.24) is 10.1 Å². The molecule has 3 aromatic rings. The number of hydrogen-bond acceptors (Lipinski definition) is 7. The fraction of sp³-hybridized carbons (Fsp3) is 0.222. The van der Waals surface area contributed by atoms with E-state index in [1.54, 1.807) is 13.0 Å². The van der Waals surface area contributed by atoms with Crippen molar-refractivity contribution in [2.75, 3.05) is 11.3 Å². The lowest BCUT2D eigenvalue weighted by Crippen LogP contribution is -2.09. The molecule has 1 aliphatic rings. The molecule has 0 saturated heterocycles. The molecule has 3 heterocycles. The molecule has 9 heteroatoms. The number of aromatic nitrogens is 2. The van der Waals surface area contributed by atoms with Crippen molar-refractivity contribution in [3.63, 3.8) is 0 Å². The number of hydrogen-bond donors (Lipinski definition) is 1. The van der Waals surface area contributed by atoms with Crippen LogP contribution < -0.4 is 4.72 Å². The van der Waals surface area contributed by atoms with Crippen LogP contribution in [-0.2, 0) is 27.8 Å². The molecular formula is C18H17N3O4S2. The van der Waals surface area contributed by atoms with Gasteiger partial charge in [-0.25, -0.2) is 8.42 Å². The lowest BCUT2D eigenvalue weighted by Gasteiger charge is -2.12. The molecule has 27 heavy (non-hydrogen) atoms. The Bertz CT molecular complexity index is 1090. The minimum Gasteiger partial charge on any atom is -0.376 e. The Hall–Kier alpha value is -2.49. The maximum Gasteiger partial charge on any atom is 0.261 e. The molecule has 0 unspecified atom stereocenters. The van der Waals surface area contributed by atoms with E-state index in [1.807, 2.05) is 30.3 Å². The Balaban J connectivity index is 1.69. The maximum absolute atomic E-state index is 12.6. The molecule has 0 aliphatic carbocycles. The molecule has 2 aromatic heterocycles. The maximum atomic E-state index is 12.6. The van der Waals surface area contributed by atoms with Gasteiger partial charge in [-0.05, 0) is 30.5 Å². The first kappa shape index (κ1) is 17.9. The largest absolute Gasteiger partial charge is 0.376 e. The molecule has 1 N–H and O–H groups in total. The van der Waals surface area contributed by atoms with Crippen LogP contribution in [0.25, 0.3) is 17.5 Å². The summed E-state index contributed by atoms with van der Waals surface area (Å²) < 4.78 is 38.6. The van der Waals surface area contributed by atoms with Gasteiger partial charge in [-0.2, -0.15) is 4.98 Å². The van der Waals surface area contributed by atoms with Crippen LogP contribution in [0.3, 0.4) is 0 Å². The minimum absolute atomic E-state index is 0.316. The smallest absolute Gasteiger partial charge is 0.261 e. The third kappa shape index (κ3) is 3.95. The number of thiophene rings is 1. The fourth-order valence-electron chi connectivity index (χ4n) is 2.82. The van der Waals surface area contributed by atoms with E-state index in [0.29, 0.717) is 41.9 Å². The molecule has 0 amide bonds. The van der Waals surface area contributed by atoms with Gasteiger partial charge in [0.1, 0.15) is 5.00 Å². The zero-order valence-electron chi connectivity index (χ0n) is 14.5. The summed E-state index contributed by atoms with van der Waals surface area (Å²) in [7, 11) is -3.71. The van der Waals surface area contributed by atoms with Crippen LogP contribution in [0.5, 0.6) is 0 Å². The number of sulfonamides is 1. The molecule has 0 fully saturated rings. The first-order valence-corrected chi connectivity index (χ1v) is 10.7. The highest BCUT2D eigenvalue weighted by molar-refractivity contribution is 7.95. The molecule has 7 nitrogen and oxygen atoms in total. The van der Waals surface area contributed by atoms with E-state index in [4.69, 9.17) is 9.26 Å². The van der Waals surface area contributed by atoms with Crippen LogP contribution in [0, 0.1) is 6.92 Å². The monoisotopic (exact) mass is 403 g/mol. The van der Waals surface area contributed by atoms with E-state index in [0.717, 1.165) is 21.4 Å².